The van der Waals surface area contributed by atoms with E-state index in [1.165, 1.54) is 11.3 Å². The van der Waals surface area contributed by atoms with Crippen LogP contribution < -0.4 is 0 Å². The average molecular weight is 236 g/mol. The van der Waals surface area contributed by atoms with Crippen molar-refractivity contribution in [3.8, 4) is 11.5 Å². The van der Waals surface area contributed by atoms with Crippen molar-refractivity contribution in [1.82, 2.24) is 14.1 Å². The van der Waals surface area contributed by atoms with Gasteiger partial charge >= 0.3 is 0 Å². The van der Waals surface area contributed by atoms with E-state index in [0.717, 1.165) is 16.7 Å². The van der Waals surface area contributed by atoms with Crippen LogP contribution in [0.3, 0.4) is 0 Å². The summed E-state index contributed by atoms with van der Waals surface area (Å²) >= 11 is 7.70. The van der Waals surface area contributed by atoms with E-state index in [4.69, 9.17) is 11.8 Å². The SMILES string of the molecule is Cln1c(-c2cscn2)nc2ccccc21. The molecule has 3 nitrogen and oxygen atoms in total. The number of nitrogens with zero attached hydrogens (tertiary/aromatic N) is 3. The number of aromatic nitrogens is 3. The molecule has 0 unspecified atom stereocenters. The maximum atomic E-state index is 6.17. The Kier molecular flexibility index (Phi) is 1.97. The number of benzene rings is 1. The molecular formula is C10H6ClN3S. The molecule has 0 atom stereocenters. The smallest absolute Gasteiger partial charge is 0.175 e. The second kappa shape index (κ2) is 3.32. The highest BCUT2D eigenvalue weighted by atomic mass is 35.5. The lowest BCUT2D eigenvalue weighted by Gasteiger charge is -1.94. The second-order valence-corrected chi connectivity index (χ2v) is 4.14. The lowest BCUT2D eigenvalue weighted by molar-refractivity contribution is 1.21. The minimum atomic E-state index is 0.694. The van der Waals surface area contributed by atoms with Crippen LogP contribution in [0.25, 0.3) is 22.6 Å². The van der Waals surface area contributed by atoms with E-state index < -0.39 is 0 Å². The van der Waals surface area contributed by atoms with Gasteiger partial charge < -0.3 is 0 Å². The number of rotatable bonds is 1. The van der Waals surface area contributed by atoms with Crippen LogP contribution in [0, 0.1) is 0 Å². The van der Waals surface area contributed by atoms with Crippen molar-refractivity contribution in [2.75, 3.05) is 0 Å². The van der Waals surface area contributed by atoms with Gasteiger partial charge in [-0.3, -0.25) is 0 Å². The zero-order chi connectivity index (χ0) is 10.3. The van der Waals surface area contributed by atoms with Crippen LogP contribution >= 0.6 is 23.1 Å². The first-order valence-electron chi connectivity index (χ1n) is 4.38. The van der Waals surface area contributed by atoms with Crippen molar-refractivity contribution in [2.45, 2.75) is 0 Å². The summed E-state index contributed by atoms with van der Waals surface area (Å²) in [6.07, 6.45) is 0. The predicted octanol–water partition coefficient (Wildman–Crippen LogP) is 3.16. The summed E-state index contributed by atoms with van der Waals surface area (Å²) < 4.78 is 1.55. The minimum Gasteiger partial charge on any atom is -0.241 e. The van der Waals surface area contributed by atoms with Crippen molar-refractivity contribution < 1.29 is 0 Å². The van der Waals surface area contributed by atoms with Gasteiger partial charge in [-0.2, -0.15) is 0 Å². The van der Waals surface area contributed by atoms with Gasteiger partial charge in [-0.1, -0.05) is 12.1 Å². The number of para-hydroxylation sites is 2. The van der Waals surface area contributed by atoms with Gasteiger partial charge in [0, 0.05) is 17.2 Å². The normalized spacial score (nSPS) is 11.0. The van der Waals surface area contributed by atoms with E-state index in [1.807, 2.05) is 29.6 Å². The fourth-order valence-electron chi connectivity index (χ4n) is 1.48. The van der Waals surface area contributed by atoms with E-state index in [0.29, 0.717) is 5.82 Å². The third-order valence-electron chi connectivity index (χ3n) is 2.17. The number of halogens is 1. The van der Waals surface area contributed by atoms with E-state index in [9.17, 15) is 0 Å². The van der Waals surface area contributed by atoms with Crippen LogP contribution in [-0.4, -0.2) is 14.1 Å². The molecule has 0 aliphatic carbocycles. The van der Waals surface area contributed by atoms with Gasteiger partial charge in [0.15, 0.2) is 5.82 Å². The topological polar surface area (TPSA) is 30.7 Å². The molecule has 0 amide bonds. The summed E-state index contributed by atoms with van der Waals surface area (Å²) in [6.45, 7) is 0. The quantitative estimate of drug-likeness (QED) is 0.649. The van der Waals surface area contributed by atoms with Crippen LogP contribution in [0.5, 0.6) is 0 Å². The summed E-state index contributed by atoms with van der Waals surface area (Å²) in [5.74, 6) is 0.694. The van der Waals surface area contributed by atoms with Gasteiger partial charge in [-0.15, -0.1) is 11.3 Å². The molecule has 1 aromatic carbocycles. The first kappa shape index (κ1) is 8.88. The molecule has 0 spiro atoms. The monoisotopic (exact) mass is 235 g/mol. The zero-order valence-corrected chi connectivity index (χ0v) is 9.16. The average Bonchev–Trinajstić information content (AvgIpc) is 2.87. The molecule has 74 valence electrons. The summed E-state index contributed by atoms with van der Waals surface area (Å²) in [6, 6.07) is 7.75. The van der Waals surface area contributed by atoms with Gasteiger partial charge in [0.2, 0.25) is 0 Å². The highest BCUT2D eigenvalue weighted by Crippen LogP contribution is 2.25. The van der Waals surface area contributed by atoms with Gasteiger partial charge in [0.1, 0.15) is 5.69 Å². The largest absolute Gasteiger partial charge is 0.241 e. The highest BCUT2D eigenvalue weighted by molar-refractivity contribution is 7.07. The third kappa shape index (κ3) is 1.33. The number of thiazole rings is 1. The standard InChI is InChI=1S/C10H6ClN3S/c11-14-9-4-2-1-3-7(9)13-10(14)8-5-15-6-12-8/h1-6H. The molecule has 0 saturated carbocycles. The molecule has 3 rings (SSSR count). The molecule has 0 N–H and O–H groups in total. The van der Waals surface area contributed by atoms with E-state index in [1.54, 1.807) is 9.60 Å². The number of hydrogen-bond donors (Lipinski definition) is 0. The third-order valence-corrected chi connectivity index (χ3v) is 3.10. The molecule has 2 heterocycles. The fourth-order valence-corrected chi connectivity index (χ4v) is 2.28. The van der Waals surface area contributed by atoms with Crippen molar-refractivity contribution >= 4 is 34.1 Å². The Hall–Kier alpha value is -1.39. The lowest BCUT2D eigenvalue weighted by Crippen LogP contribution is -1.85. The van der Waals surface area contributed by atoms with E-state index in [2.05, 4.69) is 9.97 Å². The number of fused-ring (bicyclic) bond motifs is 1. The van der Waals surface area contributed by atoms with Crippen molar-refractivity contribution in [3.05, 3.63) is 35.2 Å². The highest BCUT2D eigenvalue weighted by Gasteiger charge is 2.11. The second-order valence-electron chi connectivity index (χ2n) is 3.08. The Labute approximate surface area is 95.1 Å². The maximum absolute atomic E-state index is 6.17. The number of hydrogen-bond acceptors (Lipinski definition) is 3. The zero-order valence-electron chi connectivity index (χ0n) is 7.59. The fraction of sp³-hybridized carbons (Fsp3) is 0. The van der Waals surface area contributed by atoms with Crippen molar-refractivity contribution in [3.63, 3.8) is 0 Å². The Morgan fingerprint density at radius 1 is 1.27 bits per heavy atom. The van der Waals surface area contributed by atoms with Gasteiger partial charge in [-0.25, -0.2) is 14.1 Å². The van der Waals surface area contributed by atoms with Crippen LogP contribution in [-0.2, 0) is 0 Å². The van der Waals surface area contributed by atoms with Crippen LogP contribution in [0.1, 0.15) is 0 Å². The Balaban J connectivity index is 2.33. The first-order chi connectivity index (χ1) is 7.36. The molecule has 5 heteroatoms. The van der Waals surface area contributed by atoms with Crippen molar-refractivity contribution in [2.24, 2.45) is 0 Å². The van der Waals surface area contributed by atoms with Gasteiger partial charge in [0.05, 0.1) is 16.5 Å². The molecule has 0 saturated heterocycles. The van der Waals surface area contributed by atoms with E-state index >= 15 is 0 Å². The van der Waals surface area contributed by atoms with E-state index in [-0.39, 0.29) is 0 Å². The molecule has 0 aliphatic heterocycles. The van der Waals surface area contributed by atoms with Crippen LogP contribution in [0.15, 0.2) is 35.2 Å². The molecule has 3 aromatic rings. The lowest BCUT2D eigenvalue weighted by atomic mass is 10.3. The molecule has 0 aliphatic rings. The maximum Gasteiger partial charge on any atom is 0.175 e. The van der Waals surface area contributed by atoms with Crippen molar-refractivity contribution in [1.29, 1.82) is 0 Å². The van der Waals surface area contributed by atoms with Gasteiger partial charge in [-0.05, 0) is 12.1 Å². The molecular weight excluding hydrogens is 230 g/mol. The predicted molar refractivity (Wildman–Crippen MR) is 62.1 cm³/mol. The van der Waals surface area contributed by atoms with Gasteiger partial charge in [0.25, 0.3) is 0 Å². The summed E-state index contributed by atoms with van der Waals surface area (Å²) in [7, 11) is 0. The summed E-state index contributed by atoms with van der Waals surface area (Å²) in [4.78, 5) is 8.62. The first-order valence-corrected chi connectivity index (χ1v) is 5.66. The Morgan fingerprint density at radius 3 is 2.87 bits per heavy atom. The Morgan fingerprint density at radius 2 is 2.13 bits per heavy atom. The molecule has 0 fully saturated rings. The molecule has 2 aromatic heterocycles. The number of imidazole rings is 1. The van der Waals surface area contributed by atoms with Crippen LogP contribution in [0.4, 0.5) is 0 Å². The molecule has 0 radical (unpaired) electrons. The van der Waals surface area contributed by atoms with Crippen LogP contribution in [0.2, 0.25) is 0 Å². The molecule has 15 heavy (non-hydrogen) atoms. The minimum absolute atomic E-state index is 0.694. The Bertz CT molecular complexity index is 600. The molecule has 0 bridgehead atoms. The summed E-state index contributed by atoms with van der Waals surface area (Å²) in [5.41, 5.74) is 4.37. The summed E-state index contributed by atoms with van der Waals surface area (Å²) in [5, 5.41) is 1.93.